The second-order valence-corrected chi connectivity index (χ2v) is 9.96. The monoisotopic (exact) mass is 373 g/mol. The molecule has 1 aromatic rings. The van der Waals surface area contributed by atoms with E-state index in [1.54, 1.807) is 0 Å². The van der Waals surface area contributed by atoms with Crippen molar-refractivity contribution in [3.05, 3.63) is 11.9 Å². The van der Waals surface area contributed by atoms with Crippen LogP contribution in [0.15, 0.2) is 6.20 Å². The molecule has 1 aliphatic carbocycles. The van der Waals surface area contributed by atoms with Gasteiger partial charge in [-0.05, 0) is 38.1 Å². The van der Waals surface area contributed by atoms with Crippen molar-refractivity contribution < 1.29 is 4.79 Å². The standard InChI is InChI=1S/C21H35N5O/c1-21(2,3)19-14-26(24-23-19)12-17-11-15-9-10-25(17)13-18(15)20(27)22-16-7-5-4-6-8-16/h14-18H,4-13H2,1-3H3,(H,22,27)/t15-,17-,18+/m1/s1. The Kier molecular flexibility index (Phi) is 5.28. The van der Waals surface area contributed by atoms with Crippen LogP contribution in [0.25, 0.3) is 0 Å². The van der Waals surface area contributed by atoms with Crippen LogP contribution in [0.3, 0.4) is 0 Å². The van der Waals surface area contributed by atoms with Gasteiger partial charge in [0.2, 0.25) is 5.91 Å². The largest absolute Gasteiger partial charge is 0.353 e. The fourth-order valence-electron chi connectivity index (χ4n) is 5.13. The van der Waals surface area contributed by atoms with Gasteiger partial charge in [0.05, 0.1) is 18.2 Å². The first-order chi connectivity index (χ1) is 12.9. The van der Waals surface area contributed by atoms with E-state index in [2.05, 4.69) is 47.5 Å². The van der Waals surface area contributed by atoms with E-state index in [0.29, 0.717) is 23.9 Å². The molecule has 1 saturated carbocycles. The molecule has 3 saturated heterocycles. The molecule has 6 heteroatoms. The SMILES string of the molecule is CC(C)(C)c1cn(C[C@H]2C[C@H]3CCN2C[C@@H]3C(=O)NC2CCCCC2)nn1. The van der Waals surface area contributed by atoms with Gasteiger partial charge in [-0.15, -0.1) is 5.10 Å². The molecule has 4 fully saturated rings. The highest BCUT2D eigenvalue weighted by atomic mass is 16.2. The molecular formula is C21H35N5O. The molecule has 3 aliphatic heterocycles. The van der Waals surface area contributed by atoms with Gasteiger partial charge < -0.3 is 5.32 Å². The van der Waals surface area contributed by atoms with Gasteiger partial charge in [-0.3, -0.25) is 14.4 Å². The highest BCUT2D eigenvalue weighted by Crippen LogP contribution is 2.37. The van der Waals surface area contributed by atoms with E-state index < -0.39 is 0 Å². The van der Waals surface area contributed by atoms with E-state index in [1.807, 2.05) is 4.68 Å². The van der Waals surface area contributed by atoms with Gasteiger partial charge in [0, 0.05) is 30.2 Å². The highest BCUT2D eigenvalue weighted by molar-refractivity contribution is 5.79. The fraction of sp³-hybridized carbons (Fsp3) is 0.857. The lowest BCUT2D eigenvalue weighted by molar-refractivity contribution is -0.134. The van der Waals surface area contributed by atoms with Gasteiger partial charge in [0.25, 0.3) is 0 Å². The zero-order valence-corrected chi connectivity index (χ0v) is 17.2. The van der Waals surface area contributed by atoms with Gasteiger partial charge in [0.15, 0.2) is 0 Å². The third kappa shape index (κ3) is 4.20. The van der Waals surface area contributed by atoms with Gasteiger partial charge in [0.1, 0.15) is 0 Å². The Morgan fingerprint density at radius 3 is 2.63 bits per heavy atom. The van der Waals surface area contributed by atoms with Crippen LogP contribution >= 0.6 is 0 Å². The molecule has 6 nitrogen and oxygen atoms in total. The maximum Gasteiger partial charge on any atom is 0.224 e. The minimum Gasteiger partial charge on any atom is -0.353 e. The molecule has 1 unspecified atom stereocenters. The number of nitrogens with zero attached hydrogens (tertiary/aromatic N) is 4. The van der Waals surface area contributed by atoms with Crippen molar-refractivity contribution in [3.63, 3.8) is 0 Å². The predicted molar refractivity (Wildman–Crippen MR) is 105 cm³/mol. The molecule has 0 radical (unpaired) electrons. The summed E-state index contributed by atoms with van der Waals surface area (Å²) in [5.41, 5.74) is 1.08. The summed E-state index contributed by atoms with van der Waals surface area (Å²) in [6, 6.07) is 0.903. The number of hydrogen-bond acceptors (Lipinski definition) is 4. The smallest absolute Gasteiger partial charge is 0.224 e. The zero-order valence-electron chi connectivity index (χ0n) is 17.2. The number of fused-ring (bicyclic) bond motifs is 3. The molecule has 0 spiro atoms. The van der Waals surface area contributed by atoms with Crippen molar-refractivity contribution in [3.8, 4) is 0 Å². The van der Waals surface area contributed by atoms with Crippen LogP contribution in [0.2, 0.25) is 0 Å². The van der Waals surface area contributed by atoms with Crippen molar-refractivity contribution in [1.29, 1.82) is 0 Å². The Labute approximate surface area is 163 Å². The zero-order chi connectivity index (χ0) is 19.0. The van der Waals surface area contributed by atoms with Crippen LogP contribution in [0.5, 0.6) is 0 Å². The fourth-order valence-corrected chi connectivity index (χ4v) is 5.13. The number of aromatic nitrogens is 3. The van der Waals surface area contributed by atoms with E-state index in [9.17, 15) is 4.79 Å². The summed E-state index contributed by atoms with van der Waals surface area (Å²) in [5, 5.41) is 12.1. The molecule has 2 bridgehead atoms. The summed E-state index contributed by atoms with van der Waals surface area (Å²) in [7, 11) is 0. The van der Waals surface area contributed by atoms with Crippen LogP contribution in [0, 0.1) is 11.8 Å². The van der Waals surface area contributed by atoms with Crippen LogP contribution in [-0.4, -0.2) is 51.0 Å². The minimum atomic E-state index is 0.0341. The molecule has 4 aliphatic rings. The first-order valence-electron chi connectivity index (χ1n) is 10.8. The second-order valence-electron chi connectivity index (χ2n) is 9.96. The van der Waals surface area contributed by atoms with Crippen LogP contribution < -0.4 is 5.32 Å². The van der Waals surface area contributed by atoms with Crippen LogP contribution in [-0.2, 0) is 16.8 Å². The average molecular weight is 374 g/mol. The summed E-state index contributed by atoms with van der Waals surface area (Å²) in [6.07, 6.45) is 10.5. The van der Waals surface area contributed by atoms with E-state index in [0.717, 1.165) is 51.0 Å². The average Bonchev–Trinajstić information content (AvgIpc) is 3.12. The molecular weight excluding hydrogens is 338 g/mol. The molecule has 0 aromatic carbocycles. The topological polar surface area (TPSA) is 63.1 Å². The molecule has 4 atom stereocenters. The van der Waals surface area contributed by atoms with Crippen molar-refractivity contribution in [2.75, 3.05) is 13.1 Å². The quantitative estimate of drug-likeness (QED) is 0.881. The Hall–Kier alpha value is -1.43. The first-order valence-corrected chi connectivity index (χ1v) is 10.8. The van der Waals surface area contributed by atoms with Crippen LogP contribution in [0.1, 0.15) is 71.4 Å². The maximum absolute atomic E-state index is 12.9. The normalized spacial score (nSPS) is 31.8. The molecule has 150 valence electrons. The van der Waals surface area contributed by atoms with E-state index in [4.69, 9.17) is 0 Å². The van der Waals surface area contributed by atoms with Crippen molar-refractivity contribution in [2.24, 2.45) is 11.8 Å². The van der Waals surface area contributed by atoms with E-state index in [-0.39, 0.29) is 11.3 Å². The summed E-state index contributed by atoms with van der Waals surface area (Å²) in [4.78, 5) is 15.4. The first kappa shape index (κ1) is 18.9. The van der Waals surface area contributed by atoms with E-state index >= 15 is 0 Å². The number of carbonyl (C=O) groups is 1. The third-order valence-corrected chi connectivity index (χ3v) is 6.87. The van der Waals surface area contributed by atoms with Gasteiger partial charge in [-0.2, -0.15) is 0 Å². The Balaban J connectivity index is 1.34. The van der Waals surface area contributed by atoms with Gasteiger partial charge in [-0.25, -0.2) is 0 Å². The minimum absolute atomic E-state index is 0.0341. The predicted octanol–water partition coefficient (Wildman–Crippen LogP) is 2.73. The molecule has 1 amide bonds. The maximum atomic E-state index is 12.9. The number of piperidine rings is 3. The third-order valence-electron chi connectivity index (χ3n) is 6.87. The van der Waals surface area contributed by atoms with Crippen molar-refractivity contribution in [1.82, 2.24) is 25.2 Å². The number of rotatable bonds is 4. The van der Waals surface area contributed by atoms with Crippen molar-refractivity contribution >= 4 is 5.91 Å². The molecule has 27 heavy (non-hydrogen) atoms. The second kappa shape index (κ2) is 7.53. The number of amides is 1. The Morgan fingerprint density at radius 2 is 2.00 bits per heavy atom. The Morgan fingerprint density at radius 1 is 1.22 bits per heavy atom. The highest BCUT2D eigenvalue weighted by Gasteiger charge is 2.43. The van der Waals surface area contributed by atoms with Crippen molar-refractivity contribution in [2.45, 2.75) is 89.8 Å². The molecule has 4 heterocycles. The van der Waals surface area contributed by atoms with Crippen LogP contribution in [0.4, 0.5) is 0 Å². The Bertz CT molecular complexity index is 658. The van der Waals surface area contributed by atoms with Gasteiger partial charge >= 0.3 is 0 Å². The number of nitrogens with one attached hydrogen (secondary N) is 1. The lowest BCUT2D eigenvalue weighted by atomic mass is 9.75. The molecule has 1 aromatic heterocycles. The molecule has 5 rings (SSSR count). The molecule has 1 N–H and O–H groups in total. The summed E-state index contributed by atoms with van der Waals surface area (Å²) in [5.74, 6) is 1.01. The number of carbonyl (C=O) groups excluding carboxylic acids is 1. The summed E-state index contributed by atoms with van der Waals surface area (Å²) < 4.78 is 2.00. The lowest BCUT2D eigenvalue weighted by Gasteiger charge is -2.49. The van der Waals surface area contributed by atoms with E-state index in [1.165, 1.54) is 19.3 Å². The summed E-state index contributed by atoms with van der Waals surface area (Å²) in [6.45, 7) is 9.42. The lowest BCUT2D eigenvalue weighted by Crippen LogP contribution is -2.58. The van der Waals surface area contributed by atoms with Gasteiger partial charge in [-0.1, -0.05) is 45.2 Å². The summed E-state index contributed by atoms with van der Waals surface area (Å²) >= 11 is 0. The number of hydrogen-bond donors (Lipinski definition) is 1.